The number of carbonyl (C=O) groups is 3. The van der Waals surface area contributed by atoms with Gasteiger partial charge in [0.1, 0.15) is 6.10 Å². The number of unbranched alkanes of at least 4 members (excludes halogenated alkanes) is 4. The molecule has 0 spiro atoms. The minimum absolute atomic E-state index is 0.0151. The Hall–Kier alpha value is -1.87. The van der Waals surface area contributed by atoms with Crippen LogP contribution < -0.4 is 0 Å². The fourth-order valence-electron chi connectivity index (χ4n) is 7.79. The number of hydrogen-bond donors (Lipinski definition) is 3. The van der Waals surface area contributed by atoms with Crippen LogP contribution in [0.25, 0.3) is 0 Å². The largest absolute Gasteiger partial charge is 0.466 e. The summed E-state index contributed by atoms with van der Waals surface area (Å²) >= 11 is 3.82. The molecule has 13 heteroatoms. The first kappa shape index (κ1) is 42.9. The molecule has 0 amide bonds. The van der Waals surface area contributed by atoms with E-state index < -0.39 is 60.1 Å². The van der Waals surface area contributed by atoms with Gasteiger partial charge >= 0.3 is 17.9 Å². The normalized spacial score (nSPS) is 37.3. The van der Waals surface area contributed by atoms with Crippen LogP contribution in [0.15, 0.2) is 23.8 Å². The van der Waals surface area contributed by atoms with Gasteiger partial charge in [-0.25, -0.2) is 4.79 Å². The summed E-state index contributed by atoms with van der Waals surface area (Å²) in [5, 5.41) is 33.8. The first-order valence-electron chi connectivity index (χ1n) is 19.3. The number of methoxy groups -OCH3 is 1. The van der Waals surface area contributed by atoms with Gasteiger partial charge in [0.15, 0.2) is 6.10 Å². The number of carbonyl (C=O) groups excluding carboxylic acids is 3. The lowest BCUT2D eigenvalue weighted by molar-refractivity contribution is -0.327. The van der Waals surface area contributed by atoms with Crippen molar-refractivity contribution in [1.29, 1.82) is 0 Å². The van der Waals surface area contributed by atoms with Gasteiger partial charge in [0.25, 0.3) is 0 Å². The summed E-state index contributed by atoms with van der Waals surface area (Å²) in [6.07, 6.45) is 9.43. The van der Waals surface area contributed by atoms with E-state index in [-0.39, 0.29) is 66.9 Å². The number of alkyl halides is 1. The van der Waals surface area contributed by atoms with Crippen molar-refractivity contribution in [3.63, 3.8) is 0 Å². The van der Waals surface area contributed by atoms with Crippen LogP contribution in [0, 0.1) is 5.41 Å². The zero-order chi connectivity index (χ0) is 37.9. The van der Waals surface area contributed by atoms with Crippen molar-refractivity contribution >= 4 is 33.8 Å². The summed E-state index contributed by atoms with van der Waals surface area (Å²) in [5.41, 5.74) is -0.964. The van der Waals surface area contributed by atoms with E-state index in [1.165, 1.54) is 13.2 Å². The molecule has 0 radical (unpaired) electrons. The van der Waals surface area contributed by atoms with Crippen LogP contribution in [0.2, 0.25) is 0 Å². The van der Waals surface area contributed by atoms with Crippen molar-refractivity contribution in [2.24, 2.45) is 5.41 Å². The molecule has 4 aliphatic heterocycles. The fourth-order valence-corrected chi connectivity index (χ4v) is 8.57. The van der Waals surface area contributed by atoms with Gasteiger partial charge in [-0.05, 0) is 56.9 Å². The molecule has 52 heavy (non-hydrogen) atoms. The van der Waals surface area contributed by atoms with Crippen LogP contribution in [-0.2, 0) is 42.8 Å². The number of halogens is 1. The summed E-state index contributed by atoms with van der Waals surface area (Å²) in [6, 6.07) is 0. The lowest BCUT2D eigenvalue weighted by Gasteiger charge is -2.51. The second-order valence-corrected chi connectivity index (χ2v) is 16.8. The average Bonchev–Trinajstić information content (AvgIpc) is 3.07. The van der Waals surface area contributed by atoms with E-state index in [9.17, 15) is 29.7 Å². The summed E-state index contributed by atoms with van der Waals surface area (Å²) in [5.74, 6) is -4.14. The Kier molecular flexibility index (Phi) is 16.6. The Morgan fingerprint density at radius 2 is 1.71 bits per heavy atom. The van der Waals surface area contributed by atoms with Gasteiger partial charge in [-0.15, -0.1) is 0 Å². The van der Waals surface area contributed by atoms with Crippen LogP contribution in [0.5, 0.6) is 0 Å². The number of fused-ring (bicyclic) bond motifs is 6. The number of hydrogen-bond acceptors (Lipinski definition) is 12. The van der Waals surface area contributed by atoms with Crippen molar-refractivity contribution < 1.29 is 58.1 Å². The lowest BCUT2D eigenvalue weighted by atomic mass is 9.74. The fraction of sp³-hybridized carbons (Fsp3) is 0.821. The molecule has 10 atom stereocenters. The second-order valence-electron chi connectivity index (χ2n) is 15.5. The first-order chi connectivity index (χ1) is 24.7. The molecule has 3 saturated heterocycles. The standard InChI is InChI=1S/C39H61BrO12/c1-5-6-7-8-9-13-34(43)51-37-25(17-35(44)47-4)16-32-23-33(24-41)50-36(45)21-27(42)20-28-11-10-12-29(48-28)22-31-19-26(40)18-30(49-31)14-15-38(2,3)39(37,46)52-32/h14-15,17,26-33,37,41-42,46H,5-13,16,18-24H2,1-4H3/b15-14+,25-17+/t26-,27-,28+,29-,30+,31+,32+,33-,37+,39-/m1/s1. The summed E-state index contributed by atoms with van der Waals surface area (Å²) in [4.78, 5) is 39.2. The molecule has 296 valence electrons. The van der Waals surface area contributed by atoms with Crippen molar-refractivity contribution in [2.45, 2.75) is 183 Å². The van der Waals surface area contributed by atoms with Gasteiger partial charge in [-0.3, -0.25) is 9.59 Å². The second kappa shape index (κ2) is 20.2. The van der Waals surface area contributed by atoms with E-state index in [2.05, 4.69) is 22.9 Å². The predicted molar refractivity (Wildman–Crippen MR) is 195 cm³/mol. The minimum Gasteiger partial charge on any atom is -0.466 e. The summed E-state index contributed by atoms with van der Waals surface area (Å²) in [6.45, 7) is 5.08. The predicted octanol–water partition coefficient (Wildman–Crippen LogP) is 5.51. The Morgan fingerprint density at radius 3 is 2.42 bits per heavy atom. The number of cyclic esters (lactones) is 1. The molecular formula is C39H61BrO12. The van der Waals surface area contributed by atoms with Crippen molar-refractivity contribution in [3.8, 4) is 0 Å². The third-order valence-corrected chi connectivity index (χ3v) is 11.4. The Bertz CT molecular complexity index is 1240. The first-order valence-corrected chi connectivity index (χ1v) is 20.2. The zero-order valence-corrected chi connectivity index (χ0v) is 32.9. The Morgan fingerprint density at radius 1 is 0.981 bits per heavy atom. The number of rotatable bonds is 9. The van der Waals surface area contributed by atoms with Crippen LogP contribution in [-0.4, -0.2) is 106 Å². The molecule has 3 fully saturated rings. The molecule has 0 saturated carbocycles. The van der Waals surface area contributed by atoms with Gasteiger partial charge in [0.05, 0.1) is 56.8 Å². The minimum atomic E-state index is -2.21. The number of ether oxygens (including phenoxy) is 6. The van der Waals surface area contributed by atoms with E-state index in [0.29, 0.717) is 19.3 Å². The van der Waals surface area contributed by atoms with Crippen molar-refractivity contribution in [3.05, 3.63) is 23.8 Å². The van der Waals surface area contributed by atoms with E-state index in [1.54, 1.807) is 19.9 Å². The molecule has 0 aliphatic carbocycles. The van der Waals surface area contributed by atoms with Gasteiger partial charge in [0.2, 0.25) is 5.79 Å². The van der Waals surface area contributed by atoms with E-state index in [0.717, 1.165) is 51.4 Å². The van der Waals surface area contributed by atoms with Crippen LogP contribution >= 0.6 is 15.9 Å². The Labute approximate surface area is 317 Å². The zero-order valence-electron chi connectivity index (χ0n) is 31.3. The summed E-state index contributed by atoms with van der Waals surface area (Å²) < 4.78 is 36.0. The molecule has 0 aromatic heterocycles. The SMILES string of the molecule is CCCCCCCC(=O)O[C@H]1/C(=C/C(=O)OC)C[C@H]2C[C@H](CO)OC(=O)C[C@H](O)C[C@@H]3CCC[C@H](C[C@@H]4C[C@H](Br)C[C@H](/C=C/C(C)(C)[C@]1(O)O2)O4)O3. The lowest BCUT2D eigenvalue weighted by Crippen LogP contribution is -2.62. The number of aliphatic hydroxyl groups excluding tert-OH is 2. The maximum absolute atomic E-state index is 13.3. The van der Waals surface area contributed by atoms with Gasteiger partial charge in [0, 0.05) is 35.6 Å². The maximum Gasteiger partial charge on any atom is 0.330 e. The quantitative estimate of drug-likeness (QED) is 0.0670. The topological polar surface area (TPSA) is 167 Å². The molecule has 12 nitrogen and oxygen atoms in total. The van der Waals surface area contributed by atoms with Gasteiger partial charge in [-0.2, -0.15) is 0 Å². The van der Waals surface area contributed by atoms with Gasteiger partial charge < -0.3 is 43.7 Å². The Balaban J connectivity index is 1.70. The molecular weight excluding hydrogens is 740 g/mol. The monoisotopic (exact) mass is 800 g/mol. The number of esters is 3. The molecule has 0 aromatic carbocycles. The molecule has 4 rings (SSSR count). The molecule has 4 heterocycles. The smallest absolute Gasteiger partial charge is 0.330 e. The highest BCUT2D eigenvalue weighted by molar-refractivity contribution is 9.09. The molecule has 4 aliphatic rings. The molecule has 3 N–H and O–H groups in total. The van der Waals surface area contributed by atoms with Crippen molar-refractivity contribution in [1.82, 2.24) is 0 Å². The van der Waals surface area contributed by atoms with E-state index in [4.69, 9.17) is 28.4 Å². The van der Waals surface area contributed by atoms with E-state index >= 15 is 0 Å². The highest BCUT2D eigenvalue weighted by Crippen LogP contribution is 2.47. The third-order valence-electron chi connectivity index (χ3n) is 10.7. The highest BCUT2D eigenvalue weighted by Gasteiger charge is 2.57. The number of aliphatic hydroxyl groups is 3. The van der Waals surface area contributed by atoms with Crippen molar-refractivity contribution in [2.75, 3.05) is 13.7 Å². The highest BCUT2D eigenvalue weighted by atomic mass is 79.9. The molecule has 6 bridgehead atoms. The average molecular weight is 802 g/mol. The molecule has 0 aromatic rings. The van der Waals surface area contributed by atoms with E-state index in [1.807, 2.05) is 6.08 Å². The third kappa shape index (κ3) is 12.3. The summed E-state index contributed by atoms with van der Waals surface area (Å²) in [7, 11) is 1.23. The van der Waals surface area contributed by atoms with Crippen LogP contribution in [0.1, 0.15) is 124 Å². The molecule has 0 unspecified atom stereocenters. The van der Waals surface area contributed by atoms with Crippen LogP contribution in [0.4, 0.5) is 0 Å². The van der Waals surface area contributed by atoms with Gasteiger partial charge in [-0.1, -0.05) is 74.5 Å². The van der Waals surface area contributed by atoms with Crippen LogP contribution in [0.3, 0.4) is 0 Å². The maximum atomic E-state index is 13.3.